The third-order valence-corrected chi connectivity index (χ3v) is 4.17. The van der Waals surface area contributed by atoms with Gasteiger partial charge in [-0.25, -0.2) is 0 Å². The summed E-state index contributed by atoms with van der Waals surface area (Å²) in [6.07, 6.45) is 5.97. The highest BCUT2D eigenvalue weighted by atomic mass is 16.5. The van der Waals surface area contributed by atoms with Crippen molar-refractivity contribution in [2.75, 3.05) is 19.7 Å². The van der Waals surface area contributed by atoms with Crippen molar-refractivity contribution in [3.8, 4) is 17.0 Å². The third-order valence-electron chi connectivity index (χ3n) is 4.17. The second-order valence-corrected chi connectivity index (χ2v) is 5.88. The number of likely N-dealkylation sites (tertiary alicyclic amines) is 1. The van der Waals surface area contributed by atoms with Gasteiger partial charge < -0.3 is 9.64 Å². The number of rotatable bonds is 6. The Morgan fingerprint density at radius 2 is 2.00 bits per heavy atom. The van der Waals surface area contributed by atoms with E-state index >= 15 is 0 Å². The first-order chi connectivity index (χ1) is 11.3. The summed E-state index contributed by atoms with van der Waals surface area (Å²) in [6.45, 7) is 4.56. The van der Waals surface area contributed by atoms with Crippen LogP contribution in [0.3, 0.4) is 0 Å². The Balaban J connectivity index is 1.74. The molecule has 23 heavy (non-hydrogen) atoms. The van der Waals surface area contributed by atoms with Gasteiger partial charge in [0.05, 0.1) is 24.1 Å². The monoisotopic (exact) mass is 313 g/mol. The molecule has 1 fully saturated rings. The van der Waals surface area contributed by atoms with Crippen molar-refractivity contribution in [3.05, 3.63) is 36.0 Å². The van der Waals surface area contributed by atoms with Crippen LogP contribution >= 0.6 is 0 Å². The summed E-state index contributed by atoms with van der Waals surface area (Å²) in [5, 5.41) is 7.03. The second kappa shape index (κ2) is 7.31. The zero-order chi connectivity index (χ0) is 16.1. The first-order valence-corrected chi connectivity index (χ1v) is 8.35. The first kappa shape index (κ1) is 15.6. The standard InChI is InChI=1S/C18H23N3O2/c1-2-3-12-23-15-8-6-14(7-9-15)17-16(13-19-20-17)18(22)21-10-4-5-11-21/h6-9,13H,2-5,10-12H2,1H3,(H,19,20). The summed E-state index contributed by atoms with van der Waals surface area (Å²) in [5.41, 5.74) is 2.38. The summed E-state index contributed by atoms with van der Waals surface area (Å²) in [4.78, 5) is 14.5. The molecule has 2 aromatic rings. The lowest BCUT2D eigenvalue weighted by Crippen LogP contribution is -2.27. The van der Waals surface area contributed by atoms with E-state index in [1.165, 1.54) is 0 Å². The summed E-state index contributed by atoms with van der Waals surface area (Å²) in [7, 11) is 0. The number of H-pyrrole nitrogens is 1. The van der Waals surface area contributed by atoms with Crippen LogP contribution in [0.1, 0.15) is 43.0 Å². The van der Waals surface area contributed by atoms with E-state index in [4.69, 9.17) is 4.74 Å². The second-order valence-electron chi connectivity index (χ2n) is 5.88. The van der Waals surface area contributed by atoms with Gasteiger partial charge in [0, 0.05) is 18.7 Å². The van der Waals surface area contributed by atoms with Crippen LogP contribution in [-0.4, -0.2) is 40.7 Å². The van der Waals surface area contributed by atoms with E-state index in [2.05, 4.69) is 17.1 Å². The molecule has 0 saturated carbocycles. The fraction of sp³-hybridized carbons (Fsp3) is 0.444. The molecule has 3 rings (SSSR count). The van der Waals surface area contributed by atoms with Crippen LogP contribution in [0.2, 0.25) is 0 Å². The fourth-order valence-electron chi connectivity index (χ4n) is 2.81. The molecule has 0 aliphatic carbocycles. The molecule has 2 heterocycles. The Hall–Kier alpha value is -2.30. The molecule has 0 unspecified atom stereocenters. The SMILES string of the molecule is CCCCOc1ccc(-c2[nH]ncc2C(=O)N2CCCC2)cc1. The van der Waals surface area contributed by atoms with Crippen molar-refractivity contribution >= 4 is 5.91 Å². The fourth-order valence-corrected chi connectivity index (χ4v) is 2.81. The highest BCUT2D eigenvalue weighted by Crippen LogP contribution is 2.25. The van der Waals surface area contributed by atoms with Crippen LogP contribution in [0.25, 0.3) is 11.3 Å². The minimum absolute atomic E-state index is 0.0644. The third kappa shape index (κ3) is 3.55. The lowest BCUT2D eigenvalue weighted by atomic mass is 10.1. The number of hydrogen-bond acceptors (Lipinski definition) is 3. The predicted molar refractivity (Wildman–Crippen MR) is 89.6 cm³/mol. The molecule has 1 amide bonds. The molecule has 122 valence electrons. The normalized spacial score (nSPS) is 14.2. The van der Waals surface area contributed by atoms with Gasteiger partial charge >= 0.3 is 0 Å². The molecule has 0 radical (unpaired) electrons. The zero-order valence-electron chi connectivity index (χ0n) is 13.5. The minimum Gasteiger partial charge on any atom is -0.494 e. The number of carbonyl (C=O) groups excluding carboxylic acids is 1. The molecule has 0 atom stereocenters. The number of aromatic nitrogens is 2. The lowest BCUT2D eigenvalue weighted by Gasteiger charge is -2.15. The molecule has 1 aromatic carbocycles. The molecule has 1 aliphatic rings. The zero-order valence-corrected chi connectivity index (χ0v) is 13.5. The number of ether oxygens (including phenoxy) is 1. The molecule has 5 heteroatoms. The van der Waals surface area contributed by atoms with Crippen molar-refractivity contribution < 1.29 is 9.53 Å². The van der Waals surface area contributed by atoms with E-state index in [0.717, 1.165) is 62.4 Å². The molecule has 5 nitrogen and oxygen atoms in total. The molecule has 1 N–H and O–H groups in total. The Morgan fingerprint density at radius 3 is 2.70 bits per heavy atom. The van der Waals surface area contributed by atoms with Gasteiger partial charge in [-0.2, -0.15) is 5.10 Å². The first-order valence-electron chi connectivity index (χ1n) is 8.35. The van der Waals surface area contributed by atoms with Gasteiger partial charge in [-0.05, 0) is 43.5 Å². The predicted octanol–water partition coefficient (Wildman–Crippen LogP) is 3.49. The Bertz CT molecular complexity index is 643. The lowest BCUT2D eigenvalue weighted by molar-refractivity contribution is 0.0793. The summed E-state index contributed by atoms with van der Waals surface area (Å²) in [6, 6.07) is 7.82. The number of amides is 1. The topological polar surface area (TPSA) is 58.2 Å². The Morgan fingerprint density at radius 1 is 1.26 bits per heavy atom. The highest BCUT2D eigenvalue weighted by molar-refractivity contribution is 5.99. The number of hydrogen-bond donors (Lipinski definition) is 1. The molecule has 1 aromatic heterocycles. The summed E-state index contributed by atoms with van der Waals surface area (Å²) >= 11 is 0. The van der Waals surface area contributed by atoms with E-state index in [1.807, 2.05) is 29.2 Å². The smallest absolute Gasteiger partial charge is 0.257 e. The van der Waals surface area contributed by atoms with E-state index in [-0.39, 0.29) is 5.91 Å². The summed E-state index contributed by atoms with van der Waals surface area (Å²) in [5.74, 6) is 0.920. The van der Waals surface area contributed by atoms with Crippen LogP contribution < -0.4 is 4.74 Å². The largest absolute Gasteiger partial charge is 0.494 e. The highest BCUT2D eigenvalue weighted by Gasteiger charge is 2.23. The number of benzene rings is 1. The average Bonchev–Trinajstić information content (AvgIpc) is 3.27. The average molecular weight is 313 g/mol. The van der Waals surface area contributed by atoms with Crippen molar-refractivity contribution in [2.24, 2.45) is 0 Å². The molecule has 0 spiro atoms. The maximum absolute atomic E-state index is 12.6. The van der Waals surface area contributed by atoms with Gasteiger partial charge in [0.15, 0.2) is 0 Å². The van der Waals surface area contributed by atoms with Gasteiger partial charge in [0.2, 0.25) is 0 Å². The van der Waals surface area contributed by atoms with Gasteiger partial charge in [0.1, 0.15) is 5.75 Å². The maximum atomic E-state index is 12.6. The van der Waals surface area contributed by atoms with E-state index < -0.39 is 0 Å². The van der Waals surface area contributed by atoms with Gasteiger partial charge in [0.25, 0.3) is 5.91 Å². The number of unbranched alkanes of at least 4 members (excludes halogenated alkanes) is 1. The number of nitrogens with zero attached hydrogens (tertiary/aromatic N) is 2. The van der Waals surface area contributed by atoms with Crippen molar-refractivity contribution in [1.82, 2.24) is 15.1 Å². The van der Waals surface area contributed by atoms with E-state index in [0.29, 0.717) is 5.56 Å². The Labute approximate surface area is 136 Å². The Kier molecular flexibility index (Phi) is 4.95. The number of aromatic amines is 1. The van der Waals surface area contributed by atoms with Crippen LogP contribution in [0.5, 0.6) is 5.75 Å². The van der Waals surface area contributed by atoms with Crippen molar-refractivity contribution in [2.45, 2.75) is 32.6 Å². The minimum atomic E-state index is 0.0644. The molecular weight excluding hydrogens is 290 g/mol. The summed E-state index contributed by atoms with van der Waals surface area (Å²) < 4.78 is 5.68. The molecule has 1 saturated heterocycles. The van der Waals surface area contributed by atoms with Crippen molar-refractivity contribution in [3.63, 3.8) is 0 Å². The van der Waals surface area contributed by atoms with Crippen LogP contribution in [-0.2, 0) is 0 Å². The van der Waals surface area contributed by atoms with Crippen LogP contribution in [0.15, 0.2) is 30.5 Å². The molecule has 0 bridgehead atoms. The van der Waals surface area contributed by atoms with Crippen molar-refractivity contribution in [1.29, 1.82) is 0 Å². The van der Waals surface area contributed by atoms with Crippen LogP contribution in [0, 0.1) is 0 Å². The molecule has 1 aliphatic heterocycles. The molecular formula is C18H23N3O2. The van der Waals surface area contributed by atoms with E-state index in [9.17, 15) is 4.79 Å². The maximum Gasteiger partial charge on any atom is 0.257 e. The van der Waals surface area contributed by atoms with Gasteiger partial charge in [-0.3, -0.25) is 9.89 Å². The van der Waals surface area contributed by atoms with Crippen LogP contribution in [0.4, 0.5) is 0 Å². The van der Waals surface area contributed by atoms with Gasteiger partial charge in [-0.15, -0.1) is 0 Å². The van der Waals surface area contributed by atoms with E-state index in [1.54, 1.807) is 6.20 Å². The number of carbonyl (C=O) groups is 1. The quantitative estimate of drug-likeness (QED) is 0.831. The van der Waals surface area contributed by atoms with Gasteiger partial charge in [-0.1, -0.05) is 13.3 Å². The number of nitrogens with one attached hydrogen (secondary N) is 1.